The van der Waals surface area contributed by atoms with Crippen molar-refractivity contribution in [2.75, 3.05) is 0 Å². The fourth-order valence-corrected chi connectivity index (χ4v) is 2.19. The molecule has 0 saturated heterocycles. The standard InChI is InChI=1S/C16H15BrO2/c1-11-5-3-4-6-13(11)10-19-16-8-7-14(17)9-15(16)12(2)18/h3-9H,10H2,1-2H3. The monoisotopic (exact) mass is 318 g/mol. The quantitative estimate of drug-likeness (QED) is 0.774. The first-order valence-electron chi connectivity index (χ1n) is 6.05. The third-order valence-corrected chi connectivity index (χ3v) is 3.46. The van der Waals surface area contributed by atoms with Crippen molar-refractivity contribution < 1.29 is 9.53 Å². The topological polar surface area (TPSA) is 26.3 Å². The van der Waals surface area contributed by atoms with Gasteiger partial charge in [-0.15, -0.1) is 0 Å². The van der Waals surface area contributed by atoms with Crippen molar-refractivity contribution in [3.63, 3.8) is 0 Å². The highest BCUT2D eigenvalue weighted by atomic mass is 79.9. The zero-order valence-corrected chi connectivity index (χ0v) is 12.5. The highest BCUT2D eigenvalue weighted by Crippen LogP contribution is 2.25. The fraction of sp³-hybridized carbons (Fsp3) is 0.188. The van der Waals surface area contributed by atoms with Crippen molar-refractivity contribution in [1.29, 1.82) is 0 Å². The number of ketones is 1. The Kier molecular flexibility index (Phi) is 4.38. The second kappa shape index (κ2) is 6.02. The maximum atomic E-state index is 11.6. The second-order valence-electron chi connectivity index (χ2n) is 4.41. The van der Waals surface area contributed by atoms with Crippen LogP contribution >= 0.6 is 15.9 Å². The number of benzene rings is 2. The molecular formula is C16H15BrO2. The average Bonchev–Trinajstić information content (AvgIpc) is 2.38. The van der Waals surface area contributed by atoms with Crippen molar-refractivity contribution >= 4 is 21.7 Å². The molecule has 0 N–H and O–H groups in total. The number of ether oxygens (including phenoxy) is 1. The zero-order valence-electron chi connectivity index (χ0n) is 10.9. The van der Waals surface area contributed by atoms with Crippen LogP contribution in [-0.2, 0) is 6.61 Å². The Morgan fingerprint density at radius 3 is 2.63 bits per heavy atom. The van der Waals surface area contributed by atoms with E-state index in [9.17, 15) is 4.79 Å². The number of Topliss-reactive ketones (excluding diaryl/α,β-unsaturated/α-hetero) is 1. The van der Waals surface area contributed by atoms with Crippen LogP contribution in [0.3, 0.4) is 0 Å². The molecule has 3 heteroatoms. The first-order valence-corrected chi connectivity index (χ1v) is 6.85. The minimum Gasteiger partial charge on any atom is -0.488 e. The first-order chi connectivity index (χ1) is 9.08. The molecule has 0 aliphatic rings. The minimum atomic E-state index is 0.00100. The van der Waals surface area contributed by atoms with Crippen LogP contribution in [0.4, 0.5) is 0 Å². The van der Waals surface area contributed by atoms with E-state index in [4.69, 9.17) is 4.74 Å². The van der Waals surface area contributed by atoms with Crippen LogP contribution in [0.5, 0.6) is 5.75 Å². The summed E-state index contributed by atoms with van der Waals surface area (Å²) in [6.07, 6.45) is 0. The van der Waals surface area contributed by atoms with E-state index in [2.05, 4.69) is 15.9 Å². The van der Waals surface area contributed by atoms with E-state index in [0.29, 0.717) is 17.9 Å². The molecule has 0 atom stereocenters. The second-order valence-corrected chi connectivity index (χ2v) is 5.33. The SMILES string of the molecule is CC(=O)c1cc(Br)ccc1OCc1ccccc1C. The van der Waals surface area contributed by atoms with Gasteiger partial charge in [0.15, 0.2) is 5.78 Å². The normalized spacial score (nSPS) is 10.3. The van der Waals surface area contributed by atoms with Gasteiger partial charge in [-0.1, -0.05) is 40.2 Å². The molecule has 0 heterocycles. The predicted molar refractivity (Wildman–Crippen MR) is 79.7 cm³/mol. The van der Waals surface area contributed by atoms with Crippen LogP contribution in [-0.4, -0.2) is 5.78 Å². The number of hydrogen-bond donors (Lipinski definition) is 0. The Balaban J connectivity index is 2.20. The van der Waals surface area contributed by atoms with Gasteiger partial charge < -0.3 is 4.74 Å². The number of hydrogen-bond acceptors (Lipinski definition) is 2. The Hall–Kier alpha value is -1.61. The molecule has 0 radical (unpaired) electrons. The largest absolute Gasteiger partial charge is 0.488 e. The van der Waals surface area contributed by atoms with Gasteiger partial charge in [-0.2, -0.15) is 0 Å². The van der Waals surface area contributed by atoms with Crippen LogP contribution in [0, 0.1) is 6.92 Å². The Bertz CT molecular complexity index is 605. The van der Waals surface area contributed by atoms with Crippen molar-refractivity contribution in [3.8, 4) is 5.75 Å². The van der Waals surface area contributed by atoms with E-state index < -0.39 is 0 Å². The molecule has 19 heavy (non-hydrogen) atoms. The van der Waals surface area contributed by atoms with Crippen molar-refractivity contribution in [2.45, 2.75) is 20.5 Å². The summed E-state index contributed by atoms with van der Waals surface area (Å²) in [6.45, 7) is 4.06. The van der Waals surface area contributed by atoms with Crippen LogP contribution in [0.15, 0.2) is 46.9 Å². The van der Waals surface area contributed by atoms with E-state index in [-0.39, 0.29) is 5.78 Å². The van der Waals surface area contributed by atoms with Gasteiger partial charge in [-0.25, -0.2) is 0 Å². The van der Waals surface area contributed by atoms with Gasteiger partial charge in [0.1, 0.15) is 12.4 Å². The number of halogens is 1. The summed E-state index contributed by atoms with van der Waals surface area (Å²) >= 11 is 3.36. The molecule has 0 aliphatic carbocycles. The van der Waals surface area contributed by atoms with Gasteiger partial charge in [-0.05, 0) is 43.2 Å². The summed E-state index contributed by atoms with van der Waals surface area (Å²) in [7, 11) is 0. The Labute approximate surface area is 121 Å². The molecule has 0 fully saturated rings. The average molecular weight is 319 g/mol. The molecule has 2 aromatic rings. The smallest absolute Gasteiger partial charge is 0.163 e. The summed E-state index contributed by atoms with van der Waals surface area (Å²) < 4.78 is 6.65. The Morgan fingerprint density at radius 1 is 1.21 bits per heavy atom. The molecule has 2 aromatic carbocycles. The van der Waals surface area contributed by atoms with Gasteiger partial charge in [0.05, 0.1) is 5.56 Å². The van der Waals surface area contributed by atoms with Crippen LogP contribution in [0.1, 0.15) is 28.4 Å². The molecule has 0 bridgehead atoms. The molecule has 2 nitrogen and oxygen atoms in total. The summed E-state index contributed by atoms with van der Waals surface area (Å²) in [5.74, 6) is 0.625. The van der Waals surface area contributed by atoms with Gasteiger partial charge in [-0.3, -0.25) is 4.79 Å². The third-order valence-electron chi connectivity index (χ3n) is 2.97. The summed E-state index contributed by atoms with van der Waals surface area (Å²) in [5.41, 5.74) is 2.91. The lowest BCUT2D eigenvalue weighted by Crippen LogP contribution is -2.02. The number of rotatable bonds is 4. The fourth-order valence-electron chi connectivity index (χ4n) is 1.83. The molecule has 0 unspecified atom stereocenters. The summed E-state index contributed by atoms with van der Waals surface area (Å²) in [6, 6.07) is 13.5. The lowest BCUT2D eigenvalue weighted by Gasteiger charge is -2.11. The first kappa shape index (κ1) is 13.8. The number of carbonyl (C=O) groups is 1. The number of carbonyl (C=O) groups excluding carboxylic acids is 1. The van der Waals surface area contributed by atoms with Gasteiger partial charge in [0.2, 0.25) is 0 Å². The molecule has 0 aliphatic heterocycles. The van der Waals surface area contributed by atoms with Crippen molar-refractivity contribution in [3.05, 3.63) is 63.6 Å². The molecule has 0 amide bonds. The van der Waals surface area contributed by atoms with E-state index in [1.807, 2.05) is 43.3 Å². The highest BCUT2D eigenvalue weighted by Gasteiger charge is 2.09. The molecule has 0 spiro atoms. The lowest BCUT2D eigenvalue weighted by molar-refractivity contribution is 0.101. The van der Waals surface area contributed by atoms with Gasteiger partial charge >= 0.3 is 0 Å². The van der Waals surface area contributed by atoms with E-state index in [1.165, 1.54) is 5.56 Å². The van der Waals surface area contributed by atoms with Crippen molar-refractivity contribution in [2.24, 2.45) is 0 Å². The van der Waals surface area contributed by atoms with E-state index in [1.54, 1.807) is 13.0 Å². The van der Waals surface area contributed by atoms with Gasteiger partial charge in [0.25, 0.3) is 0 Å². The van der Waals surface area contributed by atoms with Crippen LogP contribution < -0.4 is 4.74 Å². The molecular weight excluding hydrogens is 304 g/mol. The van der Waals surface area contributed by atoms with Crippen LogP contribution in [0.2, 0.25) is 0 Å². The minimum absolute atomic E-state index is 0.00100. The predicted octanol–water partition coefficient (Wildman–Crippen LogP) is 4.54. The van der Waals surface area contributed by atoms with E-state index >= 15 is 0 Å². The lowest BCUT2D eigenvalue weighted by atomic mass is 10.1. The summed E-state index contributed by atoms with van der Waals surface area (Å²) in [5, 5.41) is 0. The molecule has 0 aromatic heterocycles. The number of aryl methyl sites for hydroxylation is 1. The Morgan fingerprint density at radius 2 is 1.95 bits per heavy atom. The van der Waals surface area contributed by atoms with E-state index in [0.717, 1.165) is 10.0 Å². The summed E-state index contributed by atoms with van der Waals surface area (Å²) in [4.78, 5) is 11.6. The molecule has 0 saturated carbocycles. The van der Waals surface area contributed by atoms with Crippen molar-refractivity contribution in [1.82, 2.24) is 0 Å². The zero-order chi connectivity index (χ0) is 13.8. The third kappa shape index (κ3) is 3.44. The maximum absolute atomic E-state index is 11.6. The van der Waals surface area contributed by atoms with Crippen LogP contribution in [0.25, 0.3) is 0 Å². The highest BCUT2D eigenvalue weighted by molar-refractivity contribution is 9.10. The molecule has 2 rings (SSSR count). The maximum Gasteiger partial charge on any atom is 0.163 e. The molecule has 98 valence electrons. The van der Waals surface area contributed by atoms with Gasteiger partial charge in [0, 0.05) is 4.47 Å².